The standard InChI is InChI=1S/C18H29N3O2/c1-3-21(14-8-13-20-11-5-6-12-20)18(22)19-16-9-7-10-17(15-16)23-4-2/h7,9-10,15H,3-6,8,11-14H2,1-2H3,(H,19,22). The number of hydrogen-bond donors (Lipinski definition) is 1. The van der Waals surface area contributed by atoms with E-state index in [9.17, 15) is 4.79 Å². The van der Waals surface area contributed by atoms with Crippen LogP contribution in [0.5, 0.6) is 5.75 Å². The van der Waals surface area contributed by atoms with Gasteiger partial charge in [-0.3, -0.25) is 0 Å². The van der Waals surface area contributed by atoms with Crippen molar-refractivity contribution in [2.24, 2.45) is 0 Å². The maximum Gasteiger partial charge on any atom is 0.321 e. The van der Waals surface area contributed by atoms with Crippen molar-refractivity contribution in [1.82, 2.24) is 9.80 Å². The van der Waals surface area contributed by atoms with Crippen molar-refractivity contribution in [1.29, 1.82) is 0 Å². The summed E-state index contributed by atoms with van der Waals surface area (Å²) < 4.78 is 5.47. The highest BCUT2D eigenvalue weighted by atomic mass is 16.5. The van der Waals surface area contributed by atoms with Gasteiger partial charge in [0, 0.05) is 24.8 Å². The summed E-state index contributed by atoms with van der Waals surface area (Å²) in [5, 5.41) is 2.96. The molecule has 23 heavy (non-hydrogen) atoms. The van der Waals surface area contributed by atoms with E-state index >= 15 is 0 Å². The summed E-state index contributed by atoms with van der Waals surface area (Å²) in [6, 6.07) is 7.50. The molecular weight excluding hydrogens is 290 g/mol. The summed E-state index contributed by atoms with van der Waals surface area (Å²) in [5.41, 5.74) is 0.777. The Labute approximate surface area is 139 Å². The Morgan fingerprint density at radius 2 is 2.09 bits per heavy atom. The molecule has 0 aliphatic carbocycles. The largest absolute Gasteiger partial charge is 0.494 e. The van der Waals surface area contributed by atoms with Crippen LogP contribution in [-0.4, -0.2) is 55.2 Å². The molecule has 0 atom stereocenters. The van der Waals surface area contributed by atoms with Gasteiger partial charge in [0.15, 0.2) is 0 Å². The third kappa shape index (κ3) is 5.75. The monoisotopic (exact) mass is 319 g/mol. The molecule has 1 aliphatic heterocycles. The van der Waals surface area contributed by atoms with Crippen LogP contribution in [0.3, 0.4) is 0 Å². The van der Waals surface area contributed by atoms with Crippen molar-refractivity contribution in [3.63, 3.8) is 0 Å². The van der Waals surface area contributed by atoms with E-state index in [1.165, 1.54) is 25.9 Å². The van der Waals surface area contributed by atoms with Crippen LogP contribution in [0.2, 0.25) is 0 Å². The van der Waals surface area contributed by atoms with Gasteiger partial charge in [0.2, 0.25) is 0 Å². The van der Waals surface area contributed by atoms with Gasteiger partial charge >= 0.3 is 6.03 Å². The lowest BCUT2D eigenvalue weighted by molar-refractivity contribution is 0.210. The lowest BCUT2D eigenvalue weighted by Crippen LogP contribution is -2.37. The minimum atomic E-state index is -0.0393. The molecule has 2 rings (SSSR count). The number of ether oxygens (including phenoxy) is 1. The first-order valence-corrected chi connectivity index (χ1v) is 8.74. The number of nitrogens with zero attached hydrogens (tertiary/aromatic N) is 2. The van der Waals surface area contributed by atoms with Gasteiger partial charge in [-0.1, -0.05) is 6.07 Å². The minimum absolute atomic E-state index is 0.0393. The van der Waals surface area contributed by atoms with Gasteiger partial charge in [-0.2, -0.15) is 0 Å². The van der Waals surface area contributed by atoms with Gasteiger partial charge in [0.1, 0.15) is 5.75 Å². The fourth-order valence-corrected chi connectivity index (χ4v) is 2.93. The number of amides is 2. The van der Waals surface area contributed by atoms with Crippen LogP contribution >= 0.6 is 0 Å². The third-order valence-corrected chi connectivity index (χ3v) is 4.17. The van der Waals surface area contributed by atoms with Gasteiger partial charge in [-0.05, 0) is 64.9 Å². The summed E-state index contributed by atoms with van der Waals surface area (Å²) in [6.07, 6.45) is 3.66. The lowest BCUT2D eigenvalue weighted by Gasteiger charge is -2.23. The zero-order valence-electron chi connectivity index (χ0n) is 14.4. The molecule has 1 heterocycles. The predicted octanol–water partition coefficient (Wildman–Crippen LogP) is 3.43. The quantitative estimate of drug-likeness (QED) is 0.798. The predicted molar refractivity (Wildman–Crippen MR) is 94.2 cm³/mol. The average molecular weight is 319 g/mol. The second-order valence-corrected chi connectivity index (χ2v) is 5.87. The number of hydrogen-bond acceptors (Lipinski definition) is 3. The molecule has 1 aromatic carbocycles. The summed E-state index contributed by atoms with van der Waals surface area (Å²) in [7, 11) is 0. The average Bonchev–Trinajstić information content (AvgIpc) is 3.05. The number of benzene rings is 1. The van der Waals surface area contributed by atoms with E-state index in [1.54, 1.807) is 0 Å². The van der Waals surface area contributed by atoms with Crippen molar-refractivity contribution < 1.29 is 9.53 Å². The molecule has 0 aromatic heterocycles. The molecule has 2 amide bonds. The fourth-order valence-electron chi connectivity index (χ4n) is 2.93. The molecule has 0 radical (unpaired) electrons. The third-order valence-electron chi connectivity index (χ3n) is 4.17. The molecule has 0 saturated carbocycles. The second kappa shape index (κ2) is 9.40. The van der Waals surface area contributed by atoms with E-state index < -0.39 is 0 Å². The smallest absolute Gasteiger partial charge is 0.321 e. The first-order valence-electron chi connectivity index (χ1n) is 8.74. The Balaban J connectivity index is 1.80. The summed E-state index contributed by atoms with van der Waals surface area (Å²) in [5.74, 6) is 0.780. The SMILES string of the molecule is CCOc1cccc(NC(=O)N(CC)CCCN2CCCC2)c1. The second-order valence-electron chi connectivity index (χ2n) is 5.87. The number of rotatable bonds is 8. The van der Waals surface area contributed by atoms with Gasteiger partial charge in [0.05, 0.1) is 6.61 Å². The van der Waals surface area contributed by atoms with Gasteiger partial charge in [0.25, 0.3) is 0 Å². The van der Waals surface area contributed by atoms with Crippen molar-refractivity contribution in [2.75, 3.05) is 44.6 Å². The van der Waals surface area contributed by atoms with Crippen LogP contribution in [0.4, 0.5) is 10.5 Å². The normalized spacial score (nSPS) is 14.7. The van der Waals surface area contributed by atoms with Crippen LogP contribution in [0.15, 0.2) is 24.3 Å². The first kappa shape index (κ1) is 17.6. The van der Waals surface area contributed by atoms with Crippen LogP contribution < -0.4 is 10.1 Å². The molecule has 1 N–H and O–H groups in total. The van der Waals surface area contributed by atoms with E-state index in [1.807, 2.05) is 43.0 Å². The Morgan fingerprint density at radius 1 is 1.30 bits per heavy atom. The first-order chi connectivity index (χ1) is 11.2. The van der Waals surface area contributed by atoms with Crippen LogP contribution in [0.1, 0.15) is 33.1 Å². The summed E-state index contributed by atoms with van der Waals surface area (Å²) in [4.78, 5) is 16.7. The molecular formula is C18H29N3O2. The van der Waals surface area contributed by atoms with Crippen molar-refractivity contribution in [2.45, 2.75) is 33.1 Å². The van der Waals surface area contributed by atoms with E-state index in [4.69, 9.17) is 4.74 Å². The van der Waals surface area contributed by atoms with Crippen molar-refractivity contribution >= 4 is 11.7 Å². The van der Waals surface area contributed by atoms with Gasteiger partial charge < -0.3 is 19.9 Å². The van der Waals surface area contributed by atoms with Crippen LogP contribution in [0.25, 0.3) is 0 Å². The van der Waals surface area contributed by atoms with Gasteiger partial charge in [-0.25, -0.2) is 4.79 Å². The highest BCUT2D eigenvalue weighted by Gasteiger charge is 2.14. The molecule has 5 heteroatoms. The number of carbonyl (C=O) groups excluding carboxylic acids is 1. The molecule has 1 fully saturated rings. The van der Waals surface area contributed by atoms with E-state index in [-0.39, 0.29) is 6.03 Å². The lowest BCUT2D eigenvalue weighted by atomic mass is 10.3. The number of likely N-dealkylation sites (tertiary alicyclic amines) is 1. The van der Waals surface area contributed by atoms with E-state index in [0.29, 0.717) is 6.61 Å². The molecule has 1 aliphatic rings. The van der Waals surface area contributed by atoms with E-state index in [2.05, 4.69) is 10.2 Å². The Morgan fingerprint density at radius 3 is 2.78 bits per heavy atom. The number of anilines is 1. The maximum atomic E-state index is 12.4. The van der Waals surface area contributed by atoms with Crippen LogP contribution in [-0.2, 0) is 0 Å². The van der Waals surface area contributed by atoms with Crippen molar-refractivity contribution in [3.05, 3.63) is 24.3 Å². The summed E-state index contributed by atoms with van der Waals surface area (Å²) >= 11 is 0. The Kier molecular flexibility index (Phi) is 7.20. The van der Waals surface area contributed by atoms with E-state index in [0.717, 1.165) is 37.5 Å². The highest BCUT2D eigenvalue weighted by Crippen LogP contribution is 2.17. The zero-order chi connectivity index (χ0) is 16.5. The molecule has 0 spiro atoms. The topological polar surface area (TPSA) is 44.8 Å². The molecule has 5 nitrogen and oxygen atoms in total. The Hall–Kier alpha value is -1.75. The summed E-state index contributed by atoms with van der Waals surface area (Å²) in [6.45, 7) is 9.61. The number of nitrogens with one attached hydrogen (secondary N) is 1. The molecule has 0 bridgehead atoms. The molecule has 1 saturated heterocycles. The van der Waals surface area contributed by atoms with Gasteiger partial charge in [-0.15, -0.1) is 0 Å². The fraction of sp³-hybridized carbons (Fsp3) is 0.611. The van der Waals surface area contributed by atoms with Crippen LogP contribution in [0, 0.1) is 0 Å². The molecule has 0 unspecified atom stereocenters. The maximum absolute atomic E-state index is 12.4. The highest BCUT2D eigenvalue weighted by molar-refractivity contribution is 5.89. The zero-order valence-corrected chi connectivity index (χ0v) is 14.4. The number of carbonyl (C=O) groups is 1. The molecule has 128 valence electrons. The Bertz CT molecular complexity index is 487. The number of urea groups is 1. The van der Waals surface area contributed by atoms with Crippen molar-refractivity contribution in [3.8, 4) is 5.75 Å². The molecule has 1 aromatic rings. The minimum Gasteiger partial charge on any atom is -0.494 e.